The molecular formula is C15H13ClF3N. The SMILES string of the molecule is NC(Cc1ccc(F)c(Cl)c1)Cc1ccc(F)cc1F. The van der Waals surface area contributed by atoms with E-state index in [4.69, 9.17) is 17.3 Å². The summed E-state index contributed by atoms with van der Waals surface area (Å²) in [7, 11) is 0. The molecule has 0 spiro atoms. The molecule has 2 aromatic rings. The van der Waals surface area contributed by atoms with Crippen LogP contribution in [0, 0.1) is 17.5 Å². The van der Waals surface area contributed by atoms with E-state index in [-0.39, 0.29) is 17.5 Å². The molecule has 0 aliphatic heterocycles. The van der Waals surface area contributed by atoms with Crippen molar-refractivity contribution in [2.45, 2.75) is 18.9 Å². The predicted octanol–water partition coefficient (Wildman–Crippen LogP) is 3.87. The summed E-state index contributed by atoms with van der Waals surface area (Å²) in [4.78, 5) is 0. The van der Waals surface area contributed by atoms with Gasteiger partial charge in [-0.1, -0.05) is 23.7 Å². The highest BCUT2D eigenvalue weighted by molar-refractivity contribution is 6.30. The normalized spacial score (nSPS) is 12.4. The zero-order chi connectivity index (χ0) is 14.7. The molecule has 0 saturated carbocycles. The smallest absolute Gasteiger partial charge is 0.141 e. The largest absolute Gasteiger partial charge is 0.327 e. The maximum Gasteiger partial charge on any atom is 0.141 e. The maximum atomic E-state index is 13.5. The molecule has 2 aromatic carbocycles. The number of nitrogens with two attached hydrogens (primary N) is 1. The Morgan fingerprint density at radius 3 is 2.35 bits per heavy atom. The molecule has 2 N–H and O–H groups in total. The van der Waals surface area contributed by atoms with Crippen LogP contribution in [0.3, 0.4) is 0 Å². The van der Waals surface area contributed by atoms with Gasteiger partial charge in [0.05, 0.1) is 5.02 Å². The van der Waals surface area contributed by atoms with Crippen LogP contribution in [0.25, 0.3) is 0 Å². The van der Waals surface area contributed by atoms with Crippen molar-refractivity contribution in [3.8, 4) is 0 Å². The van der Waals surface area contributed by atoms with Gasteiger partial charge < -0.3 is 5.73 Å². The average Bonchev–Trinajstić information content (AvgIpc) is 2.37. The zero-order valence-electron chi connectivity index (χ0n) is 10.5. The van der Waals surface area contributed by atoms with E-state index >= 15 is 0 Å². The Morgan fingerprint density at radius 1 is 0.950 bits per heavy atom. The second-order valence-corrected chi connectivity index (χ2v) is 5.06. The third kappa shape index (κ3) is 3.74. The Balaban J connectivity index is 2.04. The summed E-state index contributed by atoms with van der Waals surface area (Å²) in [5.41, 5.74) is 7.06. The summed E-state index contributed by atoms with van der Waals surface area (Å²) < 4.78 is 39.3. The lowest BCUT2D eigenvalue weighted by atomic mass is 9.99. The van der Waals surface area contributed by atoms with Crippen LogP contribution < -0.4 is 5.73 Å². The van der Waals surface area contributed by atoms with Gasteiger partial charge in [0.2, 0.25) is 0 Å². The first-order chi connectivity index (χ1) is 9.45. The Hall–Kier alpha value is -1.52. The summed E-state index contributed by atoms with van der Waals surface area (Å²) in [5, 5.41) is 0.0302. The lowest BCUT2D eigenvalue weighted by Crippen LogP contribution is -2.26. The van der Waals surface area contributed by atoms with Crippen molar-refractivity contribution in [3.05, 3.63) is 70.0 Å². The molecule has 0 fully saturated rings. The van der Waals surface area contributed by atoms with Crippen LogP contribution in [-0.2, 0) is 12.8 Å². The van der Waals surface area contributed by atoms with Crippen molar-refractivity contribution in [1.29, 1.82) is 0 Å². The molecule has 0 heterocycles. The van der Waals surface area contributed by atoms with Crippen molar-refractivity contribution in [3.63, 3.8) is 0 Å². The minimum Gasteiger partial charge on any atom is -0.327 e. The molecule has 106 valence electrons. The number of hydrogen-bond acceptors (Lipinski definition) is 1. The molecule has 0 saturated heterocycles. The van der Waals surface area contributed by atoms with Gasteiger partial charge in [0.25, 0.3) is 0 Å². The molecule has 0 aromatic heterocycles. The summed E-state index contributed by atoms with van der Waals surface area (Å²) in [6, 6.07) is 7.39. The molecular weight excluding hydrogens is 287 g/mol. The minimum absolute atomic E-state index is 0.0302. The topological polar surface area (TPSA) is 26.0 Å². The van der Waals surface area contributed by atoms with Crippen molar-refractivity contribution < 1.29 is 13.2 Å². The van der Waals surface area contributed by atoms with E-state index in [1.165, 1.54) is 24.3 Å². The van der Waals surface area contributed by atoms with Gasteiger partial charge in [0.1, 0.15) is 17.5 Å². The Labute approximate surface area is 120 Å². The monoisotopic (exact) mass is 299 g/mol. The van der Waals surface area contributed by atoms with Crippen molar-refractivity contribution >= 4 is 11.6 Å². The standard InChI is InChI=1S/C15H13ClF3N/c16-13-6-9(1-4-14(13)18)5-12(20)7-10-2-3-11(17)8-15(10)19/h1-4,6,8,12H,5,7,20H2. The molecule has 0 amide bonds. The highest BCUT2D eigenvalue weighted by Crippen LogP contribution is 2.18. The number of benzene rings is 2. The van der Waals surface area contributed by atoms with Gasteiger partial charge in [-0.05, 0) is 42.2 Å². The molecule has 0 aliphatic carbocycles. The Kier molecular flexibility index (Phi) is 4.68. The lowest BCUT2D eigenvalue weighted by molar-refractivity contribution is 0.558. The quantitative estimate of drug-likeness (QED) is 0.911. The van der Waals surface area contributed by atoms with Crippen LogP contribution in [-0.4, -0.2) is 6.04 Å². The summed E-state index contributed by atoms with van der Waals surface area (Å²) in [6.07, 6.45) is 0.692. The molecule has 0 aliphatic rings. The lowest BCUT2D eigenvalue weighted by Gasteiger charge is -2.13. The van der Waals surface area contributed by atoms with Crippen LogP contribution in [0.4, 0.5) is 13.2 Å². The molecule has 20 heavy (non-hydrogen) atoms. The van der Waals surface area contributed by atoms with Crippen LogP contribution >= 0.6 is 11.6 Å². The first kappa shape index (κ1) is 14.9. The van der Waals surface area contributed by atoms with Gasteiger partial charge >= 0.3 is 0 Å². The molecule has 0 radical (unpaired) electrons. The van der Waals surface area contributed by atoms with Crippen molar-refractivity contribution in [1.82, 2.24) is 0 Å². The fraction of sp³-hybridized carbons (Fsp3) is 0.200. The highest BCUT2D eigenvalue weighted by atomic mass is 35.5. The third-order valence-corrected chi connectivity index (χ3v) is 3.27. The maximum absolute atomic E-state index is 13.5. The van der Waals surface area contributed by atoms with E-state index < -0.39 is 17.5 Å². The molecule has 5 heteroatoms. The van der Waals surface area contributed by atoms with E-state index in [0.29, 0.717) is 12.0 Å². The number of rotatable bonds is 4. The Bertz CT molecular complexity index is 616. The van der Waals surface area contributed by atoms with E-state index in [0.717, 1.165) is 11.6 Å². The van der Waals surface area contributed by atoms with Crippen LogP contribution in [0.15, 0.2) is 36.4 Å². The van der Waals surface area contributed by atoms with Crippen LogP contribution in [0.2, 0.25) is 5.02 Å². The first-order valence-corrected chi connectivity index (χ1v) is 6.47. The second kappa shape index (κ2) is 6.29. The molecule has 0 bridgehead atoms. The van der Waals surface area contributed by atoms with E-state index in [1.807, 2.05) is 0 Å². The van der Waals surface area contributed by atoms with Gasteiger partial charge in [-0.25, -0.2) is 13.2 Å². The summed E-state index contributed by atoms with van der Waals surface area (Å²) in [5.74, 6) is -1.73. The fourth-order valence-electron chi connectivity index (χ4n) is 2.01. The predicted molar refractivity (Wildman–Crippen MR) is 73.2 cm³/mol. The molecule has 1 atom stereocenters. The van der Waals surface area contributed by atoms with Crippen LogP contribution in [0.5, 0.6) is 0 Å². The Morgan fingerprint density at radius 2 is 1.70 bits per heavy atom. The third-order valence-electron chi connectivity index (χ3n) is 2.98. The summed E-state index contributed by atoms with van der Waals surface area (Å²) in [6.45, 7) is 0. The second-order valence-electron chi connectivity index (χ2n) is 4.65. The zero-order valence-corrected chi connectivity index (χ0v) is 11.3. The molecule has 2 rings (SSSR count). The van der Waals surface area contributed by atoms with Gasteiger partial charge in [-0.2, -0.15) is 0 Å². The first-order valence-electron chi connectivity index (χ1n) is 6.09. The number of hydrogen-bond donors (Lipinski definition) is 1. The van der Waals surface area contributed by atoms with Gasteiger partial charge in [-0.15, -0.1) is 0 Å². The van der Waals surface area contributed by atoms with Crippen molar-refractivity contribution in [2.75, 3.05) is 0 Å². The van der Waals surface area contributed by atoms with Crippen molar-refractivity contribution in [2.24, 2.45) is 5.73 Å². The number of halogens is 4. The van der Waals surface area contributed by atoms with Crippen LogP contribution in [0.1, 0.15) is 11.1 Å². The van der Waals surface area contributed by atoms with Gasteiger partial charge in [-0.3, -0.25) is 0 Å². The highest BCUT2D eigenvalue weighted by Gasteiger charge is 2.11. The average molecular weight is 300 g/mol. The van der Waals surface area contributed by atoms with E-state index in [1.54, 1.807) is 6.07 Å². The van der Waals surface area contributed by atoms with Gasteiger partial charge in [0, 0.05) is 12.1 Å². The van der Waals surface area contributed by atoms with Gasteiger partial charge in [0.15, 0.2) is 0 Å². The minimum atomic E-state index is -0.620. The fourth-order valence-corrected chi connectivity index (χ4v) is 2.21. The summed E-state index contributed by atoms with van der Waals surface area (Å²) >= 11 is 5.68. The van der Waals surface area contributed by atoms with E-state index in [2.05, 4.69) is 0 Å². The molecule has 1 nitrogen and oxygen atoms in total. The molecule has 1 unspecified atom stereocenters. The van der Waals surface area contributed by atoms with E-state index in [9.17, 15) is 13.2 Å².